The molecule has 2 aromatic rings. The molecule has 0 atom stereocenters. The van der Waals surface area contributed by atoms with Crippen molar-refractivity contribution in [1.82, 2.24) is 15.1 Å². The molecule has 3 nitrogen and oxygen atoms in total. The van der Waals surface area contributed by atoms with Crippen molar-refractivity contribution in [1.29, 1.82) is 0 Å². The van der Waals surface area contributed by atoms with Crippen LogP contribution in [-0.4, -0.2) is 15.8 Å². The van der Waals surface area contributed by atoms with Crippen molar-refractivity contribution in [3.8, 4) is 5.69 Å². The number of benzene rings is 1. The Balaban J connectivity index is 2.25. The molecule has 0 spiro atoms. The second-order valence-corrected chi connectivity index (χ2v) is 5.69. The Morgan fingerprint density at radius 3 is 2.84 bits per heavy atom. The highest BCUT2D eigenvalue weighted by Crippen LogP contribution is 2.23. The van der Waals surface area contributed by atoms with Crippen molar-refractivity contribution in [2.24, 2.45) is 0 Å². The molecule has 1 aromatic heterocycles. The maximum absolute atomic E-state index is 13.4. The van der Waals surface area contributed by atoms with Gasteiger partial charge in [0.1, 0.15) is 5.82 Å². The van der Waals surface area contributed by atoms with Crippen LogP contribution in [0.25, 0.3) is 5.69 Å². The largest absolute Gasteiger partial charge is 0.309 e. The number of rotatable bonds is 4. The van der Waals surface area contributed by atoms with Gasteiger partial charge in [-0.05, 0) is 46.6 Å². The van der Waals surface area contributed by atoms with Gasteiger partial charge in [-0.15, -0.1) is 0 Å². The first-order valence-electron chi connectivity index (χ1n) is 6.21. The molecule has 19 heavy (non-hydrogen) atoms. The van der Waals surface area contributed by atoms with E-state index in [4.69, 9.17) is 0 Å². The Hall–Kier alpha value is -1.20. The molecule has 5 heteroatoms. The third kappa shape index (κ3) is 3.42. The van der Waals surface area contributed by atoms with E-state index >= 15 is 0 Å². The third-order valence-electron chi connectivity index (χ3n) is 2.82. The van der Waals surface area contributed by atoms with E-state index in [-0.39, 0.29) is 5.82 Å². The van der Waals surface area contributed by atoms with Crippen LogP contribution in [0, 0.1) is 12.7 Å². The van der Waals surface area contributed by atoms with Crippen molar-refractivity contribution in [3.63, 3.8) is 0 Å². The lowest BCUT2D eigenvalue weighted by molar-refractivity contribution is 0.577. The molecule has 0 aliphatic heterocycles. The predicted octanol–water partition coefficient (Wildman–Crippen LogP) is 3.58. The predicted molar refractivity (Wildman–Crippen MR) is 77.9 cm³/mol. The van der Waals surface area contributed by atoms with Gasteiger partial charge in [0.25, 0.3) is 0 Å². The number of aromatic nitrogens is 2. The van der Waals surface area contributed by atoms with Crippen LogP contribution in [0.5, 0.6) is 0 Å². The van der Waals surface area contributed by atoms with E-state index in [0.717, 1.165) is 23.5 Å². The average Bonchev–Trinajstić information content (AvgIpc) is 2.80. The fourth-order valence-electron chi connectivity index (χ4n) is 1.78. The number of hydrogen-bond acceptors (Lipinski definition) is 2. The van der Waals surface area contributed by atoms with Gasteiger partial charge >= 0.3 is 0 Å². The molecule has 1 N–H and O–H groups in total. The molecular weight excluding hydrogens is 309 g/mol. The first kappa shape index (κ1) is 14.2. The molecule has 0 radical (unpaired) electrons. The Morgan fingerprint density at radius 2 is 2.16 bits per heavy atom. The Labute approximate surface area is 121 Å². The molecule has 0 saturated carbocycles. The van der Waals surface area contributed by atoms with Crippen molar-refractivity contribution in [2.45, 2.75) is 33.4 Å². The normalized spacial score (nSPS) is 11.3. The van der Waals surface area contributed by atoms with E-state index in [0.29, 0.717) is 10.5 Å². The Morgan fingerprint density at radius 1 is 1.42 bits per heavy atom. The van der Waals surface area contributed by atoms with Crippen LogP contribution >= 0.6 is 15.9 Å². The molecule has 0 saturated heterocycles. The number of hydrogen-bond donors (Lipinski definition) is 1. The van der Waals surface area contributed by atoms with E-state index < -0.39 is 0 Å². The quantitative estimate of drug-likeness (QED) is 0.931. The summed E-state index contributed by atoms with van der Waals surface area (Å²) in [5.74, 6) is -0.255. The molecule has 0 fully saturated rings. The summed E-state index contributed by atoms with van der Waals surface area (Å²) in [7, 11) is 0. The molecule has 0 aliphatic carbocycles. The van der Waals surface area contributed by atoms with Crippen LogP contribution < -0.4 is 5.32 Å². The summed E-state index contributed by atoms with van der Waals surface area (Å²) < 4.78 is 15.6. The highest BCUT2D eigenvalue weighted by Gasteiger charge is 2.08. The maximum atomic E-state index is 13.4. The van der Waals surface area contributed by atoms with Gasteiger partial charge in [0.05, 0.1) is 15.9 Å². The number of aryl methyl sites for hydroxylation is 1. The van der Waals surface area contributed by atoms with Crippen LogP contribution in [-0.2, 0) is 6.54 Å². The van der Waals surface area contributed by atoms with E-state index in [1.54, 1.807) is 10.7 Å². The van der Waals surface area contributed by atoms with E-state index in [9.17, 15) is 4.39 Å². The zero-order valence-electron chi connectivity index (χ0n) is 11.2. The zero-order chi connectivity index (χ0) is 14.0. The van der Waals surface area contributed by atoms with Gasteiger partial charge < -0.3 is 5.32 Å². The van der Waals surface area contributed by atoms with Crippen molar-refractivity contribution in [2.75, 3.05) is 0 Å². The molecule has 102 valence electrons. The van der Waals surface area contributed by atoms with Crippen LogP contribution in [0.15, 0.2) is 28.9 Å². The summed E-state index contributed by atoms with van der Waals surface area (Å²) in [6, 6.07) is 5.64. The zero-order valence-corrected chi connectivity index (χ0v) is 12.8. The summed E-state index contributed by atoms with van der Waals surface area (Å²) in [5.41, 5.74) is 2.70. The second-order valence-electron chi connectivity index (χ2n) is 4.84. The minimum absolute atomic E-state index is 0.255. The van der Waals surface area contributed by atoms with Gasteiger partial charge in [0.15, 0.2) is 0 Å². The van der Waals surface area contributed by atoms with Crippen LogP contribution in [0.2, 0.25) is 0 Å². The van der Waals surface area contributed by atoms with Crippen LogP contribution in [0.1, 0.15) is 25.1 Å². The van der Waals surface area contributed by atoms with Gasteiger partial charge in [-0.25, -0.2) is 9.07 Å². The molecule has 1 heterocycles. The summed E-state index contributed by atoms with van der Waals surface area (Å²) in [6.45, 7) is 6.79. The lowest BCUT2D eigenvalue weighted by Gasteiger charge is -2.08. The third-order valence-corrected chi connectivity index (χ3v) is 3.43. The fourth-order valence-corrected chi connectivity index (χ4v) is 2.11. The van der Waals surface area contributed by atoms with E-state index in [1.807, 2.05) is 19.2 Å². The lowest BCUT2D eigenvalue weighted by Crippen LogP contribution is -2.22. The highest BCUT2D eigenvalue weighted by atomic mass is 79.9. The van der Waals surface area contributed by atoms with Crippen LogP contribution in [0.4, 0.5) is 4.39 Å². The SMILES string of the molecule is Cc1cc(F)c(Br)cc1-n1ccc(CNC(C)C)n1. The minimum atomic E-state index is -0.255. The van der Waals surface area contributed by atoms with E-state index in [1.165, 1.54) is 6.07 Å². The smallest absolute Gasteiger partial charge is 0.137 e. The Kier molecular flexibility index (Phi) is 4.37. The van der Waals surface area contributed by atoms with Gasteiger partial charge in [-0.3, -0.25) is 0 Å². The van der Waals surface area contributed by atoms with Crippen molar-refractivity contribution >= 4 is 15.9 Å². The molecule has 0 amide bonds. The molecular formula is C14H17BrFN3. The van der Waals surface area contributed by atoms with Gasteiger partial charge in [0, 0.05) is 18.8 Å². The first-order valence-corrected chi connectivity index (χ1v) is 7.00. The number of halogens is 2. The average molecular weight is 326 g/mol. The molecule has 0 unspecified atom stereocenters. The molecule has 0 aliphatic rings. The van der Waals surface area contributed by atoms with Crippen LogP contribution in [0.3, 0.4) is 0 Å². The Bertz CT molecular complexity index is 578. The van der Waals surface area contributed by atoms with Gasteiger partial charge in [0.2, 0.25) is 0 Å². The monoisotopic (exact) mass is 325 g/mol. The highest BCUT2D eigenvalue weighted by molar-refractivity contribution is 9.10. The van der Waals surface area contributed by atoms with Crippen molar-refractivity contribution < 1.29 is 4.39 Å². The fraction of sp³-hybridized carbons (Fsp3) is 0.357. The van der Waals surface area contributed by atoms with E-state index in [2.05, 4.69) is 40.2 Å². The molecule has 2 rings (SSSR count). The first-order chi connectivity index (χ1) is 8.97. The summed E-state index contributed by atoms with van der Waals surface area (Å²) in [5, 5.41) is 7.81. The second kappa shape index (κ2) is 5.84. The van der Waals surface area contributed by atoms with Gasteiger partial charge in [-0.2, -0.15) is 5.10 Å². The van der Waals surface area contributed by atoms with Gasteiger partial charge in [-0.1, -0.05) is 13.8 Å². The number of nitrogens with zero attached hydrogens (tertiary/aromatic N) is 2. The molecule has 0 bridgehead atoms. The summed E-state index contributed by atoms with van der Waals surface area (Å²) >= 11 is 3.21. The maximum Gasteiger partial charge on any atom is 0.137 e. The lowest BCUT2D eigenvalue weighted by atomic mass is 10.2. The summed E-state index contributed by atoms with van der Waals surface area (Å²) in [4.78, 5) is 0. The van der Waals surface area contributed by atoms with Crippen molar-refractivity contribution in [3.05, 3.63) is 45.9 Å². The standard InChI is InChI=1S/C14H17BrFN3/c1-9(2)17-8-11-4-5-19(18-11)14-7-12(15)13(16)6-10(14)3/h4-7,9,17H,8H2,1-3H3. The number of nitrogens with one attached hydrogen (secondary N) is 1. The molecule has 1 aromatic carbocycles. The topological polar surface area (TPSA) is 29.9 Å². The minimum Gasteiger partial charge on any atom is -0.309 e. The summed E-state index contributed by atoms with van der Waals surface area (Å²) in [6.07, 6.45) is 1.89.